The smallest absolute Gasteiger partial charge is 0.269 e. The van der Waals surface area contributed by atoms with Crippen LogP contribution in [0, 0.1) is 10.1 Å². The van der Waals surface area contributed by atoms with Crippen molar-refractivity contribution >= 4 is 28.4 Å². The number of para-hydroxylation sites is 1. The van der Waals surface area contributed by atoms with Gasteiger partial charge in [0.05, 0.1) is 29.7 Å². The molecule has 1 heterocycles. The Hall–Kier alpha value is -4.04. The molecule has 0 saturated heterocycles. The minimum absolute atomic E-state index is 0.0443. The highest BCUT2D eigenvalue weighted by atomic mass is 32.1. The monoisotopic (exact) mass is 445 g/mol. The van der Waals surface area contributed by atoms with Crippen LogP contribution < -0.4 is 9.47 Å². The van der Waals surface area contributed by atoms with Gasteiger partial charge in [0, 0.05) is 29.5 Å². The molecule has 32 heavy (non-hydrogen) atoms. The Morgan fingerprint density at radius 3 is 2.34 bits per heavy atom. The molecule has 0 spiro atoms. The Kier molecular flexibility index (Phi) is 6.23. The maximum Gasteiger partial charge on any atom is 0.269 e. The summed E-state index contributed by atoms with van der Waals surface area (Å²) in [4.78, 5) is 20.8. The van der Waals surface area contributed by atoms with Crippen molar-refractivity contribution < 1.29 is 14.4 Å². The van der Waals surface area contributed by atoms with Gasteiger partial charge in [-0.05, 0) is 29.8 Å². The van der Waals surface area contributed by atoms with Crippen molar-refractivity contribution in [3.63, 3.8) is 0 Å². The lowest BCUT2D eigenvalue weighted by molar-refractivity contribution is -0.384. The van der Waals surface area contributed by atoms with E-state index in [2.05, 4.69) is 4.99 Å². The number of aliphatic imine (C=N–C) groups is 1. The first-order chi connectivity index (χ1) is 15.6. The van der Waals surface area contributed by atoms with Gasteiger partial charge in [0.15, 0.2) is 11.5 Å². The van der Waals surface area contributed by atoms with Gasteiger partial charge in [-0.2, -0.15) is 0 Å². The SMILES string of the molecule is COc1cccc(C=Nc2nc(-c3ccccc3)c(-c3ccc([N+](=O)[O-])cc3)s2)c1OC. The molecule has 1 aromatic heterocycles. The Labute approximate surface area is 188 Å². The first kappa shape index (κ1) is 21.2. The standard InChI is InChI=1S/C24H19N3O4S/c1-30-20-10-6-9-18(22(20)31-2)15-25-24-26-21(16-7-4-3-5-8-16)23(32-24)17-11-13-19(14-12-17)27(28)29/h3-15H,1-2H3. The van der Waals surface area contributed by atoms with Crippen molar-refractivity contribution in [3.8, 4) is 33.2 Å². The van der Waals surface area contributed by atoms with Gasteiger partial charge in [-0.15, -0.1) is 0 Å². The Morgan fingerprint density at radius 2 is 1.69 bits per heavy atom. The maximum absolute atomic E-state index is 11.0. The highest BCUT2D eigenvalue weighted by Crippen LogP contribution is 2.40. The number of nitrogens with zero attached hydrogens (tertiary/aromatic N) is 3. The number of benzene rings is 3. The lowest BCUT2D eigenvalue weighted by Gasteiger charge is -2.09. The molecule has 0 unspecified atom stereocenters. The summed E-state index contributed by atoms with van der Waals surface area (Å²) in [6.45, 7) is 0. The summed E-state index contributed by atoms with van der Waals surface area (Å²) in [6, 6.07) is 21.8. The fourth-order valence-corrected chi connectivity index (χ4v) is 4.16. The molecule has 0 bridgehead atoms. The van der Waals surface area contributed by atoms with Crippen LogP contribution in [0.3, 0.4) is 0 Å². The molecule has 0 saturated carbocycles. The first-order valence-corrected chi connectivity index (χ1v) is 10.5. The molecule has 7 nitrogen and oxygen atoms in total. The van der Waals surface area contributed by atoms with Crippen LogP contribution in [0.15, 0.2) is 77.8 Å². The van der Waals surface area contributed by atoms with E-state index in [1.807, 2.05) is 48.5 Å². The van der Waals surface area contributed by atoms with Crippen LogP contribution in [-0.2, 0) is 0 Å². The number of nitro groups is 1. The number of rotatable bonds is 7. The third-order valence-electron chi connectivity index (χ3n) is 4.75. The predicted octanol–water partition coefficient (Wildman–Crippen LogP) is 6.15. The third kappa shape index (κ3) is 4.35. The molecule has 0 N–H and O–H groups in total. The third-order valence-corrected chi connectivity index (χ3v) is 5.76. The van der Waals surface area contributed by atoms with Crippen molar-refractivity contribution in [1.29, 1.82) is 0 Å². The number of thiazole rings is 1. The van der Waals surface area contributed by atoms with Crippen LogP contribution in [0.25, 0.3) is 21.7 Å². The van der Waals surface area contributed by atoms with E-state index in [1.54, 1.807) is 32.6 Å². The molecule has 0 aliphatic rings. The number of hydrogen-bond acceptors (Lipinski definition) is 7. The summed E-state index contributed by atoms with van der Waals surface area (Å²) in [5.41, 5.74) is 3.36. The summed E-state index contributed by atoms with van der Waals surface area (Å²) in [7, 11) is 3.17. The largest absolute Gasteiger partial charge is 0.493 e. The molecule has 160 valence electrons. The van der Waals surface area contributed by atoms with E-state index in [0.29, 0.717) is 16.6 Å². The second kappa shape index (κ2) is 9.40. The molecular formula is C24H19N3O4S. The number of methoxy groups -OCH3 is 2. The van der Waals surface area contributed by atoms with Crippen molar-refractivity contribution in [1.82, 2.24) is 4.98 Å². The van der Waals surface area contributed by atoms with Gasteiger partial charge in [0.1, 0.15) is 0 Å². The highest BCUT2D eigenvalue weighted by Gasteiger charge is 2.16. The Bertz CT molecular complexity index is 1270. The fourth-order valence-electron chi connectivity index (χ4n) is 3.22. The maximum atomic E-state index is 11.0. The quantitative estimate of drug-likeness (QED) is 0.193. The second-order valence-electron chi connectivity index (χ2n) is 6.69. The normalized spacial score (nSPS) is 10.9. The van der Waals surface area contributed by atoms with E-state index in [9.17, 15) is 10.1 Å². The van der Waals surface area contributed by atoms with E-state index in [4.69, 9.17) is 14.5 Å². The van der Waals surface area contributed by atoms with Crippen molar-refractivity contribution in [2.75, 3.05) is 14.2 Å². The van der Waals surface area contributed by atoms with Crippen LogP contribution in [0.5, 0.6) is 11.5 Å². The summed E-state index contributed by atoms with van der Waals surface area (Å²) in [5, 5.41) is 11.6. The van der Waals surface area contributed by atoms with Gasteiger partial charge >= 0.3 is 0 Å². The van der Waals surface area contributed by atoms with Crippen molar-refractivity contribution in [2.45, 2.75) is 0 Å². The molecule has 3 aromatic carbocycles. The van der Waals surface area contributed by atoms with Crippen LogP contribution in [-0.4, -0.2) is 30.3 Å². The molecular weight excluding hydrogens is 426 g/mol. The average Bonchev–Trinajstić information content (AvgIpc) is 3.27. The molecule has 0 atom stereocenters. The number of aromatic nitrogens is 1. The van der Waals surface area contributed by atoms with Gasteiger partial charge in [0.25, 0.3) is 5.69 Å². The highest BCUT2D eigenvalue weighted by molar-refractivity contribution is 7.19. The second-order valence-corrected chi connectivity index (χ2v) is 7.66. The minimum Gasteiger partial charge on any atom is -0.493 e. The van der Waals surface area contributed by atoms with Gasteiger partial charge in [-0.25, -0.2) is 9.98 Å². The van der Waals surface area contributed by atoms with Gasteiger partial charge in [0.2, 0.25) is 5.13 Å². The molecule has 0 aliphatic carbocycles. The molecule has 4 aromatic rings. The lowest BCUT2D eigenvalue weighted by atomic mass is 10.1. The zero-order valence-corrected chi connectivity index (χ0v) is 18.2. The fraction of sp³-hybridized carbons (Fsp3) is 0.0833. The number of hydrogen-bond donors (Lipinski definition) is 0. The predicted molar refractivity (Wildman–Crippen MR) is 126 cm³/mol. The minimum atomic E-state index is -0.411. The molecule has 0 fully saturated rings. The molecule has 4 rings (SSSR count). The summed E-state index contributed by atoms with van der Waals surface area (Å²) >= 11 is 1.41. The zero-order valence-electron chi connectivity index (χ0n) is 17.4. The molecule has 0 radical (unpaired) electrons. The van der Waals surface area contributed by atoms with E-state index >= 15 is 0 Å². The number of non-ortho nitro benzene ring substituents is 1. The number of nitro benzene ring substituents is 1. The molecule has 0 amide bonds. The van der Waals surface area contributed by atoms with E-state index < -0.39 is 4.92 Å². The Morgan fingerprint density at radius 1 is 0.938 bits per heavy atom. The first-order valence-electron chi connectivity index (χ1n) is 9.67. The van der Waals surface area contributed by atoms with E-state index in [1.165, 1.54) is 23.5 Å². The van der Waals surface area contributed by atoms with Crippen LogP contribution in [0.2, 0.25) is 0 Å². The average molecular weight is 446 g/mol. The molecule has 0 aliphatic heterocycles. The summed E-state index contributed by atoms with van der Waals surface area (Å²) in [6.07, 6.45) is 1.69. The summed E-state index contributed by atoms with van der Waals surface area (Å²) < 4.78 is 10.8. The Balaban J connectivity index is 1.76. The van der Waals surface area contributed by atoms with Crippen LogP contribution in [0.4, 0.5) is 10.8 Å². The van der Waals surface area contributed by atoms with Gasteiger partial charge in [-0.3, -0.25) is 10.1 Å². The van der Waals surface area contributed by atoms with Crippen molar-refractivity contribution in [3.05, 3.63) is 88.5 Å². The van der Waals surface area contributed by atoms with Crippen LogP contribution >= 0.6 is 11.3 Å². The number of ether oxygens (including phenoxy) is 2. The van der Waals surface area contributed by atoms with Gasteiger partial charge < -0.3 is 9.47 Å². The lowest BCUT2D eigenvalue weighted by Crippen LogP contribution is -1.94. The van der Waals surface area contributed by atoms with Crippen molar-refractivity contribution in [2.24, 2.45) is 4.99 Å². The van der Waals surface area contributed by atoms with E-state index in [0.717, 1.165) is 27.3 Å². The summed E-state index contributed by atoms with van der Waals surface area (Å²) in [5.74, 6) is 1.21. The zero-order chi connectivity index (χ0) is 22.5. The van der Waals surface area contributed by atoms with E-state index in [-0.39, 0.29) is 5.69 Å². The topological polar surface area (TPSA) is 86.9 Å². The van der Waals surface area contributed by atoms with Gasteiger partial charge in [-0.1, -0.05) is 47.7 Å². The molecule has 8 heteroatoms. The van der Waals surface area contributed by atoms with Crippen LogP contribution in [0.1, 0.15) is 5.56 Å².